The molecule has 1 aliphatic heterocycles. The third-order valence-corrected chi connectivity index (χ3v) is 6.02. The van der Waals surface area contributed by atoms with Crippen LogP contribution >= 0.6 is 22.6 Å². The van der Waals surface area contributed by atoms with Crippen molar-refractivity contribution in [3.63, 3.8) is 0 Å². The molecule has 0 saturated heterocycles. The fourth-order valence-electron chi connectivity index (χ4n) is 3.74. The maximum absolute atomic E-state index is 13.5. The predicted octanol–water partition coefficient (Wildman–Crippen LogP) is 6.01. The third-order valence-electron chi connectivity index (χ3n) is 5.13. The molecule has 1 aromatic heterocycles. The number of rotatable bonds is 4. The number of methoxy groups -OCH3 is 1. The minimum atomic E-state index is -4.40. The van der Waals surface area contributed by atoms with E-state index in [0.717, 1.165) is 27.4 Å². The Balaban J connectivity index is 1.66. The van der Waals surface area contributed by atoms with E-state index in [9.17, 15) is 13.2 Å². The van der Waals surface area contributed by atoms with Gasteiger partial charge in [0, 0.05) is 12.5 Å². The van der Waals surface area contributed by atoms with Crippen LogP contribution in [0.5, 0.6) is 5.75 Å². The molecule has 2 aromatic carbocycles. The van der Waals surface area contributed by atoms with Gasteiger partial charge in [0.15, 0.2) is 5.82 Å². The molecule has 2 heterocycles. The zero-order valence-corrected chi connectivity index (χ0v) is 18.3. The summed E-state index contributed by atoms with van der Waals surface area (Å²) in [6.45, 7) is 0.651. The van der Waals surface area contributed by atoms with E-state index in [-0.39, 0.29) is 5.56 Å². The van der Waals surface area contributed by atoms with Crippen molar-refractivity contribution >= 4 is 34.7 Å². The monoisotopic (exact) mass is 525 g/mol. The molecule has 30 heavy (non-hydrogen) atoms. The third kappa shape index (κ3) is 4.23. The average molecular weight is 525 g/mol. The standard InChI is InChI=1S/C22H19F3IN3O/c1-30-19-13-14(8-10-18(19)26)9-11-20-27-21-16(6-4-12-29(21)28-20)15-5-2-3-7-17(15)22(23,24)25/h2-3,5,7-11,13,16H,4,6,12H2,1H3/b11-9+. The lowest BCUT2D eigenvalue weighted by Crippen LogP contribution is -2.21. The summed E-state index contributed by atoms with van der Waals surface area (Å²) in [4.78, 5) is 4.57. The second-order valence-electron chi connectivity index (χ2n) is 7.06. The molecule has 0 aliphatic carbocycles. The molecule has 0 saturated carbocycles. The molecular weight excluding hydrogens is 506 g/mol. The summed E-state index contributed by atoms with van der Waals surface area (Å²) in [5, 5.41) is 4.50. The Bertz CT molecular complexity index is 1090. The molecule has 0 bridgehead atoms. The van der Waals surface area contributed by atoms with Crippen molar-refractivity contribution in [1.29, 1.82) is 0 Å². The van der Waals surface area contributed by atoms with Crippen molar-refractivity contribution in [2.45, 2.75) is 31.5 Å². The van der Waals surface area contributed by atoms with Crippen LogP contribution < -0.4 is 4.74 Å². The summed E-state index contributed by atoms with van der Waals surface area (Å²) in [5.41, 5.74) is 0.588. The molecule has 0 amide bonds. The Kier molecular flexibility index (Phi) is 5.86. The Hall–Kier alpha value is -2.36. The van der Waals surface area contributed by atoms with E-state index in [0.29, 0.717) is 24.6 Å². The summed E-state index contributed by atoms with van der Waals surface area (Å²) >= 11 is 2.20. The molecule has 8 heteroatoms. The van der Waals surface area contributed by atoms with Crippen molar-refractivity contribution in [1.82, 2.24) is 14.8 Å². The van der Waals surface area contributed by atoms with Crippen LogP contribution in [0.1, 0.15) is 47.1 Å². The topological polar surface area (TPSA) is 39.9 Å². The number of hydrogen-bond acceptors (Lipinski definition) is 3. The first kappa shape index (κ1) is 20.9. The summed E-state index contributed by atoms with van der Waals surface area (Å²) in [6, 6.07) is 11.6. The number of aromatic nitrogens is 3. The average Bonchev–Trinajstić information content (AvgIpc) is 3.15. The summed E-state index contributed by atoms with van der Waals surface area (Å²) < 4.78 is 48.6. The van der Waals surface area contributed by atoms with Crippen molar-refractivity contribution in [2.75, 3.05) is 7.11 Å². The van der Waals surface area contributed by atoms with Crippen LogP contribution in [0.25, 0.3) is 12.2 Å². The highest BCUT2D eigenvalue weighted by Gasteiger charge is 2.37. The van der Waals surface area contributed by atoms with Crippen molar-refractivity contribution in [3.8, 4) is 5.75 Å². The molecule has 0 radical (unpaired) electrons. The molecule has 1 aliphatic rings. The highest BCUT2D eigenvalue weighted by Crippen LogP contribution is 2.40. The Morgan fingerprint density at radius 1 is 1.17 bits per heavy atom. The van der Waals surface area contributed by atoms with E-state index < -0.39 is 17.7 Å². The molecular formula is C22H19F3IN3O. The van der Waals surface area contributed by atoms with Crippen LogP contribution in [0.15, 0.2) is 42.5 Å². The van der Waals surface area contributed by atoms with Gasteiger partial charge < -0.3 is 4.74 Å². The number of ether oxygens (including phenoxy) is 1. The van der Waals surface area contributed by atoms with Crippen molar-refractivity contribution < 1.29 is 17.9 Å². The molecule has 0 N–H and O–H groups in total. The van der Waals surface area contributed by atoms with Crippen LogP contribution in [0, 0.1) is 3.57 Å². The highest BCUT2D eigenvalue weighted by atomic mass is 127. The number of benzene rings is 2. The van der Waals surface area contributed by atoms with Crippen LogP contribution in [0.3, 0.4) is 0 Å². The number of halogens is 4. The fourth-order valence-corrected chi connectivity index (χ4v) is 4.30. The first-order chi connectivity index (χ1) is 14.4. The van der Waals surface area contributed by atoms with Gasteiger partial charge in [-0.1, -0.05) is 30.3 Å². The molecule has 4 rings (SSSR count). The van der Waals surface area contributed by atoms with E-state index in [1.54, 1.807) is 30.0 Å². The van der Waals surface area contributed by atoms with Gasteiger partial charge in [0.1, 0.15) is 11.6 Å². The summed E-state index contributed by atoms with van der Waals surface area (Å²) in [6.07, 6.45) is 0.623. The van der Waals surface area contributed by atoms with Crippen LogP contribution in [-0.2, 0) is 12.7 Å². The predicted molar refractivity (Wildman–Crippen MR) is 117 cm³/mol. The quantitative estimate of drug-likeness (QED) is 0.392. The number of fused-ring (bicyclic) bond motifs is 1. The highest BCUT2D eigenvalue weighted by molar-refractivity contribution is 14.1. The van der Waals surface area contributed by atoms with Gasteiger partial charge in [0.25, 0.3) is 0 Å². The SMILES string of the molecule is COc1cc(/C=C/c2nc3n(n2)CCCC3c2ccccc2C(F)(F)F)ccc1I. The van der Waals surface area contributed by atoms with E-state index in [1.165, 1.54) is 6.07 Å². The molecule has 1 unspecified atom stereocenters. The lowest BCUT2D eigenvalue weighted by molar-refractivity contribution is -0.138. The second kappa shape index (κ2) is 8.41. The van der Waals surface area contributed by atoms with E-state index in [1.807, 2.05) is 24.3 Å². The Labute approximate surface area is 185 Å². The van der Waals surface area contributed by atoms with Gasteiger partial charge in [0.2, 0.25) is 0 Å². The zero-order chi connectivity index (χ0) is 21.3. The molecule has 3 aromatic rings. The van der Waals surface area contributed by atoms with Gasteiger partial charge in [0.05, 0.1) is 16.2 Å². The minimum Gasteiger partial charge on any atom is -0.496 e. The van der Waals surface area contributed by atoms with Crippen molar-refractivity contribution in [2.24, 2.45) is 0 Å². The molecule has 0 spiro atoms. The maximum Gasteiger partial charge on any atom is 0.416 e. The molecule has 4 nitrogen and oxygen atoms in total. The molecule has 0 fully saturated rings. The lowest BCUT2D eigenvalue weighted by Gasteiger charge is -2.25. The van der Waals surface area contributed by atoms with E-state index in [2.05, 4.69) is 32.7 Å². The molecule has 1 atom stereocenters. The van der Waals surface area contributed by atoms with Gasteiger partial charge in [-0.2, -0.15) is 18.3 Å². The Morgan fingerprint density at radius 3 is 2.73 bits per heavy atom. The summed E-state index contributed by atoms with van der Waals surface area (Å²) in [7, 11) is 1.62. The van der Waals surface area contributed by atoms with Crippen molar-refractivity contribution in [3.05, 3.63) is 74.4 Å². The first-order valence-electron chi connectivity index (χ1n) is 9.49. The second-order valence-corrected chi connectivity index (χ2v) is 8.22. The van der Waals surface area contributed by atoms with E-state index in [4.69, 9.17) is 4.74 Å². The number of aryl methyl sites for hydroxylation is 1. The smallest absolute Gasteiger partial charge is 0.416 e. The van der Waals surface area contributed by atoms with Gasteiger partial charge in [-0.25, -0.2) is 9.67 Å². The van der Waals surface area contributed by atoms with Gasteiger partial charge in [-0.05, 0) is 70.8 Å². The summed E-state index contributed by atoms with van der Waals surface area (Å²) in [5.74, 6) is 1.42. The number of hydrogen-bond donors (Lipinski definition) is 0. The largest absolute Gasteiger partial charge is 0.496 e. The van der Waals surface area contributed by atoms with Gasteiger partial charge in [-0.15, -0.1) is 0 Å². The van der Waals surface area contributed by atoms with Crippen LogP contribution in [-0.4, -0.2) is 21.9 Å². The molecule has 156 valence electrons. The van der Waals surface area contributed by atoms with E-state index >= 15 is 0 Å². The number of nitrogens with zero attached hydrogens (tertiary/aromatic N) is 3. The first-order valence-corrected chi connectivity index (χ1v) is 10.6. The lowest BCUT2D eigenvalue weighted by atomic mass is 9.88. The number of alkyl halides is 3. The minimum absolute atomic E-state index is 0.260. The fraction of sp³-hybridized carbons (Fsp3) is 0.273. The maximum atomic E-state index is 13.5. The van der Waals surface area contributed by atoms with Gasteiger partial charge >= 0.3 is 6.18 Å². The zero-order valence-electron chi connectivity index (χ0n) is 16.2. The normalized spacial score (nSPS) is 16.6. The van der Waals surface area contributed by atoms with Crippen LogP contribution in [0.4, 0.5) is 13.2 Å². The Morgan fingerprint density at radius 2 is 1.97 bits per heavy atom. The van der Waals surface area contributed by atoms with Gasteiger partial charge in [-0.3, -0.25) is 0 Å². The van der Waals surface area contributed by atoms with Crippen LogP contribution in [0.2, 0.25) is 0 Å².